The lowest BCUT2D eigenvalue weighted by Crippen LogP contribution is -2.43. The summed E-state index contributed by atoms with van der Waals surface area (Å²) in [6.45, 7) is 3.86. The number of ether oxygens (including phenoxy) is 1. The molecular weight excluding hydrogens is 210 g/mol. The van der Waals surface area contributed by atoms with Crippen molar-refractivity contribution in [2.45, 2.75) is 25.0 Å². The molecule has 2 aliphatic heterocycles. The summed E-state index contributed by atoms with van der Waals surface area (Å²) < 4.78 is 5.49. The van der Waals surface area contributed by atoms with Gasteiger partial charge in [0.15, 0.2) is 0 Å². The van der Waals surface area contributed by atoms with E-state index in [1.165, 1.54) is 0 Å². The molecule has 2 bridgehead atoms. The highest BCUT2D eigenvalue weighted by atomic mass is 16.5. The van der Waals surface area contributed by atoms with E-state index < -0.39 is 17.8 Å². The molecule has 0 aromatic heterocycles. The smallest absolute Gasteiger partial charge is 0.310 e. The van der Waals surface area contributed by atoms with E-state index in [2.05, 4.69) is 11.9 Å². The molecular formula is C11H15NO4. The number of hydrogen-bond donors (Lipinski definition) is 2. The number of carboxylic acid groups (broad SMARTS) is 1. The van der Waals surface area contributed by atoms with Crippen molar-refractivity contribution in [1.82, 2.24) is 5.32 Å². The van der Waals surface area contributed by atoms with Gasteiger partial charge in [0.2, 0.25) is 5.91 Å². The van der Waals surface area contributed by atoms with Crippen molar-refractivity contribution in [1.29, 1.82) is 0 Å². The first-order valence-electron chi connectivity index (χ1n) is 5.42. The lowest BCUT2D eigenvalue weighted by molar-refractivity contribution is -0.147. The van der Waals surface area contributed by atoms with E-state index in [1.807, 2.05) is 0 Å². The van der Waals surface area contributed by atoms with E-state index in [0.717, 1.165) is 12.8 Å². The molecule has 88 valence electrons. The maximum absolute atomic E-state index is 11.8. The van der Waals surface area contributed by atoms with Gasteiger partial charge in [0.25, 0.3) is 0 Å². The summed E-state index contributed by atoms with van der Waals surface area (Å²) in [7, 11) is 0. The van der Waals surface area contributed by atoms with Gasteiger partial charge < -0.3 is 15.2 Å². The topological polar surface area (TPSA) is 75.6 Å². The van der Waals surface area contributed by atoms with Crippen molar-refractivity contribution in [2.24, 2.45) is 11.8 Å². The largest absolute Gasteiger partial charge is 0.481 e. The molecule has 2 fully saturated rings. The van der Waals surface area contributed by atoms with Crippen LogP contribution in [0.25, 0.3) is 0 Å². The van der Waals surface area contributed by atoms with Gasteiger partial charge in [-0.1, -0.05) is 6.08 Å². The monoisotopic (exact) mass is 225 g/mol. The van der Waals surface area contributed by atoms with Gasteiger partial charge in [0.05, 0.1) is 24.0 Å². The van der Waals surface area contributed by atoms with Gasteiger partial charge in [-0.3, -0.25) is 9.59 Å². The van der Waals surface area contributed by atoms with E-state index in [9.17, 15) is 9.59 Å². The zero-order chi connectivity index (χ0) is 11.7. The van der Waals surface area contributed by atoms with Gasteiger partial charge >= 0.3 is 5.97 Å². The maximum Gasteiger partial charge on any atom is 0.310 e. The van der Waals surface area contributed by atoms with E-state index in [-0.39, 0.29) is 18.1 Å². The molecule has 16 heavy (non-hydrogen) atoms. The van der Waals surface area contributed by atoms with Crippen molar-refractivity contribution in [3.8, 4) is 0 Å². The van der Waals surface area contributed by atoms with Crippen LogP contribution < -0.4 is 5.32 Å². The molecule has 0 aromatic carbocycles. The number of fused-ring (bicyclic) bond motifs is 2. The average Bonchev–Trinajstić information content (AvgIpc) is 2.84. The van der Waals surface area contributed by atoms with Crippen LogP contribution in [-0.2, 0) is 14.3 Å². The molecule has 5 nitrogen and oxygen atoms in total. The van der Waals surface area contributed by atoms with Gasteiger partial charge in [-0.15, -0.1) is 6.58 Å². The molecule has 2 N–H and O–H groups in total. The number of nitrogens with one attached hydrogen (secondary N) is 1. The molecule has 0 aliphatic carbocycles. The van der Waals surface area contributed by atoms with Crippen molar-refractivity contribution in [3.05, 3.63) is 12.7 Å². The van der Waals surface area contributed by atoms with E-state index in [4.69, 9.17) is 9.84 Å². The van der Waals surface area contributed by atoms with Crippen molar-refractivity contribution < 1.29 is 19.4 Å². The van der Waals surface area contributed by atoms with Crippen LogP contribution >= 0.6 is 0 Å². The molecule has 0 saturated carbocycles. The van der Waals surface area contributed by atoms with Gasteiger partial charge in [-0.05, 0) is 12.8 Å². The molecule has 4 atom stereocenters. The highest BCUT2D eigenvalue weighted by molar-refractivity contribution is 5.86. The highest BCUT2D eigenvalue weighted by Crippen LogP contribution is 2.43. The summed E-state index contributed by atoms with van der Waals surface area (Å²) in [5.41, 5.74) is 0. The molecule has 2 rings (SSSR count). The third-order valence-corrected chi connectivity index (χ3v) is 3.28. The number of carbonyl (C=O) groups is 2. The maximum atomic E-state index is 11.8. The Morgan fingerprint density at radius 1 is 1.38 bits per heavy atom. The van der Waals surface area contributed by atoms with Crippen molar-refractivity contribution in [3.63, 3.8) is 0 Å². The fourth-order valence-electron chi connectivity index (χ4n) is 2.62. The first-order chi connectivity index (χ1) is 7.65. The molecule has 5 heteroatoms. The summed E-state index contributed by atoms with van der Waals surface area (Å²) in [6.07, 6.45) is 2.58. The highest BCUT2D eigenvalue weighted by Gasteiger charge is 2.55. The second-order valence-electron chi connectivity index (χ2n) is 4.21. The number of hydrogen-bond acceptors (Lipinski definition) is 3. The Balaban J connectivity index is 2.09. The molecule has 0 spiro atoms. The standard InChI is InChI=1S/C11H15NO4/c1-2-5-12-10(13)8-6-3-4-7(16-6)9(8)11(14)15/h2,6-9H,1,3-5H2,(H,12,13)(H,14,15)/t6-,7-,8?,9?/m1/s1. The van der Waals surface area contributed by atoms with Crippen LogP contribution in [0.4, 0.5) is 0 Å². The van der Waals surface area contributed by atoms with Crippen LogP contribution in [0, 0.1) is 11.8 Å². The van der Waals surface area contributed by atoms with Crippen LogP contribution in [0.3, 0.4) is 0 Å². The lowest BCUT2D eigenvalue weighted by atomic mass is 9.79. The minimum Gasteiger partial charge on any atom is -0.481 e. The third kappa shape index (κ3) is 1.71. The molecule has 2 saturated heterocycles. The van der Waals surface area contributed by atoms with Crippen LogP contribution in [0.1, 0.15) is 12.8 Å². The summed E-state index contributed by atoms with van der Waals surface area (Å²) in [4.78, 5) is 22.9. The number of carboxylic acids is 1. The number of rotatable bonds is 4. The summed E-state index contributed by atoms with van der Waals surface area (Å²) in [5.74, 6) is -2.41. The van der Waals surface area contributed by atoms with E-state index in [0.29, 0.717) is 6.54 Å². The minimum atomic E-state index is -0.939. The lowest BCUT2D eigenvalue weighted by Gasteiger charge is -2.23. The Kier molecular flexibility index (Phi) is 2.96. The Hall–Kier alpha value is -1.36. The molecule has 2 unspecified atom stereocenters. The second-order valence-corrected chi connectivity index (χ2v) is 4.21. The number of carbonyl (C=O) groups excluding carboxylic acids is 1. The predicted octanol–water partition coefficient (Wildman–Crippen LogP) is 0.167. The van der Waals surface area contributed by atoms with Gasteiger partial charge in [-0.25, -0.2) is 0 Å². The van der Waals surface area contributed by atoms with Gasteiger partial charge in [0, 0.05) is 6.54 Å². The van der Waals surface area contributed by atoms with Crippen molar-refractivity contribution in [2.75, 3.05) is 6.54 Å². The zero-order valence-electron chi connectivity index (χ0n) is 8.89. The Bertz CT molecular complexity index is 328. The second kappa shape index (κ2) is 4.25. The Morgan fingerprint density at radius 3 is 2.56 bits per heavy atom. The Morgan fingerprint density at radius 2 is 2.00 bits per heavy atom. The summed E-state index contributed by atoms with van der Waals surface area (Å²) in [6, 6.07) is 0. The number of aliphatic carboxylic acids is 1. The molecule has 2 aliphatic rings. The number of amides is 1. The van der Waals surface area contributed by atoms with E-state index >= 15 is 0 Å². The first kappa shape index (κ1) is 11.1. The van der Waals surface area contributed by atoms with Gasteiger partial charge in [-0.2, -0.15) is 0 Å². The summed E-state index contributed by atoms with van der Waals surface area (Å²) >= 11 is 0. The predicted molar refractivity (Wildman–Crippen MR) is 55.7 cm³/mol. The average molecular weight is 225 g/mol. The van der Waals surface area contributed by atoms with Crippen molar-refractivity contribution >= 4 is 11.9 Å². The van der Waals surface area contributed by atoms with Crippen LogP contribution in [-0.4, -0.2) is 35.7 Å². The normalized spacial score (nSPS) is 36.0. The minimum absolute atomic E-state index is 0.226. The molecule has 1 amide bonds. The molecule has 0 radical (unpaired) electrons. The zero-order valence-corrected chi connectivity index (χ0v) is 8.89. The Labute approximate surface area is 93.5 Å². The fraction of sp³-hybridized carbons (Fsp3) is 0.636. The van der Waals surface area contributed by atoms with Crippen LogP contribution in [0.5, 0.6) is 0 Å². The van der Waals surface area contributed by atoms with Gasteiger partial charge in [0.1, 0.15) is 0 Å². The SMILES string of the molecule is C=CCNC(=O)C1C(C(=O)O)[C@H]2CC[C@H]1O2. The molecule has 2 heterocycles. The van der Waals surface area contributed by atoms with E-state index in [1.54, 1.807) is 6.08 Å². The quantitative estimate of drug-likeness (QED) is 0.669. The third-order valence-electron chi connectivity index (χ3n) is 3.28. The van der Waals surface area contributed by atoms with Crippen LogP contribution in [0.2, 0.25) is 0 Å². The molecule has 0 aromatic rings. The fourth-order valence-corrected chi connectivity index (χ4v) is 2.62. The van der Waals surface area contributed by atoms with Crippen LogP contribution in [0.15, 0.2) is 12.7 Å². The first-order valence-corrected chi connectivity index (χ1v) is 5.42. The summed E-state index contributed by atoms with van der Waals surface area (Å²) in [5, 5.41) is 11.7.